The summed E-state index contributed by atoms with van der Waals surface area (Å²) in [6, 6.07) is 21.9. The number of nitrogens with one attached hydrogen (secondary N) is 2. The summed E-state index contributed by atoms with van der Waals surface area (Å²) >= 11 is 1.59. The van der Waals surface area contributed by atoms with E-state index in [1.165, 1.54) is 10.4 Å². The van der Waals surface area contributed by atoms with Crippen LogP contribution in [0.5, 0.6) is 0 Å². The van der Waals surface area contributed by atoms with Crippen LogP contribution in [0.15, 0.2) is 60.7 Å². The van der Waals surface area contributed by atoms with Gasteiger partial charge in [0.2, 0.25) is 5.91 Å². The first kappa shape index (κ1) is 18.4. The fourth-order valence-corrected chi connectivity index (χ4v) is 4.98. The van der Waals surface area contributed by atoms with Gasteiger partial charge in [0.1, 0.15) is 0 Å². The number of carbonyl (C=O) groups excluding carboxylic acids is 1. The average molecular weight is 388 g/mol. The van der Waals surface area contributed by atoms with Crippen molar-refractivity contribution in [2.45, 2.75) is 25.3 Å². The Balaban J connectivity index is 1.69. The first-order chi connectivity index (χ1) is 13.8. The van der Waals surface area contributed by atoms with Crippen molar-refractivity contribution < 1.29 is 4.79 Å². The van der Waals surface area contributed by atoms with Crippen molar-refractivity contribution in [3.8, 4) is 6.07 Å². The molecule has 140 valence electrons. The number of nitriles is 1. The average Bonchev–Trinajstić information content (AvgIpc) is 3.07. The Bertz CT molecular complexity index is 966. The molecule has 0 saturated heterocycles. The number of anilines is 1. The summed E-state index contributed by atoms with van der Waals surface area (Å²) in [6.45, 7) is 1.71. The van der Waals surface area contributed by atoms with Crippen molar-refractivity contribution >= 4 is 22.2 Å². The number of thiophene rings is 1. The van der Waals surface area contributed by atoms with Crippen LogP contribution in [0.2, 0.25) is 0 Å². The second-order valence-electron chi connectivity index (χ2n) is 6.82. The molecule has 4 nitrogen and oxygen atoms in total. The second-order valence-corrected chi connectivity index (χ2v) is 7.92. The van der Waals surface area contributed by atoms with Crippen LogP contribution in [0.1, 0.15) is 33.0 Å². The molecule has 1 aliphatic heterocycles. The highest BCUT2D eigenvalue weighted by molar-refractivity contribution is 7.16. The normalized spacial score (nSPS) is 13.0. The highest BCUT2D eigenvalue weighted by Crippen LogP contribution is 2.37. The molecule has 2 aromatic carbocycles. The van der Waals surface area contributed by atoms with Gasteiger partial charge in [0.25, 0.3) is 0 Å². The number of rotatable bonds is 5. The lowest BCUT2D eigenvalue weighted by Crippen LogP contribution is -2.23. The van der Waals surface area contributed by atoms with Crippen molar-refractivity contribution in [3.05, 3.63) is 87.8 Å². The number of hydrogen-bond acceptors (Lipinski definition) is 4. The van der Waals surface area contributed by atoms with Gasteiger partial charge in [-0.3, -0.25) is 4.79 Å². The predicted molar refractivity (Wildman–Crippen MR) is 112 cm³/mol. The molecule has 0 unspecified atom stereocenters. The molecule has 0 saturated carbocycles. The second kappa shape index (κ2) is 8.39. The molecule has 0 atom stereocenters. The first-order valence-electron chi connectivity index (χ1n) is 9.39. The van der Waals surface area contributed by atoms with E-state index in [1.807, 2.05) is 60.7 Å². The molecule has 0 radical (unpaired) electrons. The van der Waals surface area contributed by atoms with Crippen LogP contribution in [-0.2, 0) is 24.2 Å². The van der Waals surface area contributed by atoms with Crippen molar-refractivity contribution in [2.75, 3.05) is 11.9 Å². The van der Waals surface area contributed by atoms with Gasteiger partial charge in [0, 0.05) is 17.0 Å². The Morgan fingerprint density at radius 1 is 1.11 bits per heavy atom. The van der Waals surface area contributed by atoms with Crippen LogP contribution in [0.3, 0.4) is 0 Å². The molecule has 3 aromatic rings. The lowest BCUT2D eigenvalue weighted by Gasteiger charge is -2.18. The molecule has 2 heterocycles. The van der Waals surface area contributed by atoms with Gasteiger partial charge in [0.05, 0.1) is 23.4 Å². The topological polar surface area (TPSA) is 64.9 Å². The predicted octanol–water partition coefficient (Wildman–Crippen LogP) is 4.23. The molecule has 28 heavy (non-hydrogen) atoms. The molecule has 1 aliphatic rings. The van der Waals surface area contributed by atoms with Gasteiger partial charge < -0.3 is 10.6 Å². The van der Waals surface area contributed by atoms with Gasteiger partial charge in [-0.05, 0) is 29.7 Å². The van der Waals surface area contributed by atoms with E-state index in [9.17, 15) is 10.1 Å². The molecular formula is C23H21N3OS. The Morgan fingerprint density at radius 2 is 1.75 bits per heavy atom. The zero-order valence-electron chi connectivity index (χ0n) is 15.4. The summed E-state index contributed by atoms with van der Waals surface area (Å²) in [7, 11) is 0. The Hall–Kier alpha value is -2.94. The third-order valence-electron chi connectivity index (χ3n) is 5.06. The lowest BCUT2D eigenvalue weighted by molar-refractivity contribution is -0.116. The van der Waals surface area contributed by atoms with Gasteiger partial charge in [-0.1, -0.05) is 60.7 Å². The van der Waals surface area contributed by atoms with Crippen LogP contribution in [0.25, 0.3) is 0 Å². The minimum atomic E-state index is -0.394. The van der Waals surface area contributed by atoms with Crippen molar-refractivity contribution in [1.82, 2.24) is 5.32 Å². The number of nitrogens with zero attached hydrogens (tertiary/aromatic N) is 1. The monoisotopic (exact) mass is 387 g/mol. The molecule has 0 bridgehead atoms. The fourth-order valence-electron chi connectivity index (χ4n) is 3.74. The zero-order chi connectivity index (χ0) is 19.3. The van der Waals surface area contributed by atoms with E-state index in [0.29, 0.717) is 6.42 Å². The molecule has 0 fully saturated rings. The maximum absolute atomic E-state index is 13.4. The van der Waals surface area contributed by atoms with Gasteiger partial charge in [-0.25, -0.2) is 0 Å². The van der Waals surface area contributed by atoms with E-state index in [1.54, 1.807) is 11.3 Å². The minimum absolute atomic E-state index is 0.0665. The van der Waals surface area contributed by atoms with E-state index >= 15 is 0 Å². The van der Waals surface area contributed by atoms with Gasteiger partial charge in [0.15, 0.2) is 0 Å². The maximum Gasteiger partial charge on any atom is 0.236 e. The Morgan fingerprint density at radius 3 is 2.36 bits per heavy atom. The Kier molecular flexibility index (Phi) is 5.52. The van der Waals surface area contributed by atoms with E-state index in [2.05, 4.69) is 16.7 Å². The number of hydrogen-bond donors (Lipinski definition) is 2. The summed E-state index contributed by atoms with van der Waals surface area (Å²) in [5.74, 6) is -0.460. The fraction of sp³-hybridized carbons (Fsp3) is 0.217. The SMILES string of the molecule is N#CCc1c(NC(=O)C(c2ccccc2)c2ccccc2)sc2c1CCNC2. The molecule has 2 N–H and O–H groups in total. The molecule has 0 aliphatic carbocycles. The molecule has 5 heteroatoms. The standard InChI is InChI=1S/C23H21N3OS/c24-13-11-19-18-12-14-25-15-20(18)28-23(19)26-22(27)21(16-7-3-1-4-8-16)17-9-5-2-6-10-17/h1-10,21,25H,11-12,14-15H2,(H,26,27). The van der Waals surface area contributed by atoms with Gasteiger partial charge in [-0.2, -0.15) is 5.26 Å². The molecular weight excluding hydrogens is 366 g/mol. The third-order valence-corrected chi connectivity index (χ3v) is 6.25. The molecule has 4 rings (SSSR count). The van der Waals surface area contributed by atoms with Crippen LogP contribution in [-0.4, -0.2) is 12.5 Å². The number of carbonyl (C=O) groups is 1. The van der Waals surface area contributed by atoms with Gasteiger partial charge >= 0.3 is 0 Å². The highest BCUT2D eigenvalue weighted by atomic mass is 32.1. The van der Waals surface area contributed by atoms with Crippen LogP contribution >= 0.6 is 11.3 Å². The van der Waals surface area contributed by atoms with E-state index in [0.717, 1.165) is 41.2 Å². The minimum Gasteiger partial charge on any atom is -0.317 e. The lowest BCUT2D eigenvalue weighted by atomic mass is 9.90. The number of benzene rings is 2. The quantitative estimate of drug-likeness (QED) is 0.689. The number of fused-ring (bicyclic) bond motifs is 1. The van der Waals surface area contributed by atoms with Crippen molar-refractivity contribution in [1.29, 1.82) is 5.26 Å². The van der Waals surface area contributed by atoms with E-state index in [-0.39, 0.29) is 5.91 Å². The zero-order valence-corrected chi connectivity index (χ0v) is 16.3. The van der Waals surface area contributed by atoms with Crippen molar-refractivity contribution in [3.63, 3.8) is 0 Å². The molecule has 1 amide bonds. The third kappa shape index (κ3) is 3.70. The van der Waals surface area contributed by atoms with Crippen LogP contribution < -0.4 is 10.6 Å². The van der Waals surface area contributed by atoms with Crippen molar-refractivity contribution in [2.24, 2.45) is 0 Å². The Labute approximate surface area is 168 Å². The smallest absolute Gasteiger partial charge is 0.236 e. The summed E-state index contributed by atoms with van der Waals surface area (Å²) < 4.78 is 0. The van der Waals surface area contributed by atoms with Crippen LogP contribution in [0.4, 0.5) is 5.00 Å². The summed E-state index contributed by atoms with van der Waals surface area (Å²) in [5.41, 5.74) is 4.13. The summed E-state index contributed by atoms with van der Waals surface area (Å²) in [6.07, 6.45) is 1.22. The van der Waals surface area contributed by atoms with Crippen LogP contribution in [0, 0.1) is 11.3 Å². The molecule has 1 aromatic heterocycles. The van der Waals surface area contributed by atoms with Gasteiger partial charge in [-0.15, -0.1) is 11.3 Å². The highest BCUT2D eigenvalue weighted by Gasteiger charge is 2.26. The summed E-state index contributed by atoms with van der Waals surface area (Å²) in [5, 5.41) is 16.6. The first-order valence-corrected chi connectivity index (χ1v) is 10.2. The van der Waals surface area contributed by atoms with E-state index in [4.69, 9.17) is 0 Å². The summed E-state index contributed by atoms with van der Waals surface area (Å²) in [4.78, 5) is 14.6. The largest absolute Gasteiger partial charge is 0.317 e. The number of amides is 1. The molecule has 0 spiro atoms. The maximum atomic E-state index is 13.4. The van der Waals surface area contributed by atoms with E-state index < -0.39 is 5.92 Å².